The van der Waals surface area contributed by atoms with Crippen LogP contribution in [-0.2, 0) is 11.3 Å². The molecule has 0 saturated carbocycles. The number of nitrogens with zero attached hydrogens (tertiary/aromatic N) is 3. The lowest BCUT2D eigenvalue weighted by Crippen LogP contribution is -2.22. The van der Waals surface area contributed by atoms with E-state index in [0.717, 1.165) is 23.5 Å². The first kappa shape index (κ1) is 16.2. The van der Waals surface area contributed by atoms with Crippen molar-refractivity contribution < 1.29 is 4.79 Å². The highest BCUT2D eigenvalue weighted by Crippen LogP contribution is 2.19. The summed E-state index contributed by atoms with van der Waals surface area (Å²) < 4.78 is 0. The molecular weight excluding hydrogens is 250 g/mol. The molecule has 1 rings (SSSR count). The Bertz CT molecular complexity index is 492. The van der Waals surface area contributed by atoms with Crippen molar-refractivity contribution >= 4 is 12.1 Å². The Morgan fingerprint density at radius 1 is 1.35 bits per heavy atom. The summed E-state index contributed by atoms with van der Waals surface area (Å²) in [5.74, 6) is 0.429. The van der Waals surface area contributed by atoms with E-state index in [-0.39, 0.29) is 0 Å². The fourth-order valence-electron chi connectivity index (χ4n) is 1.88. The van der Waals surface area contributed by atoms with Gasteiger partial charge in [0.1, 0.15) is 0 Å². The van der Waals surface area contributed by atoms with Crippen molar-refractivity contribution in [1.82, 2.24) is 9.88 Å². The summed E-state index contributed by atoms with van der Waals surface area (Å²) >= 11 is 0. The second-order valence-electron chi connectivity index (χ2n) is 5.56. The molecule has 0 radical (unpaired) electrons. The highest BCUT2D eigenvalue weighted by Gasteiger charge is 2.11. The van der Waals surface area contributed by atoms with E-state index in [0.29, 0.717) is 12.5 Å². The summed E-state index contributed by atoms with van der Waals surface area (Å²) in [5.41, 5.74) is 4.20. The topological polar surface area (TPSA) is 36.4 Å². The first-order chi connectivity index (χ1) is 9.36. The third kappa shape index (κ3) is 4.08. The number of carbonyl (C=O) groups is 1. The lowest BCUT2D eigenvalue weighted by atomic mass is 10.0. The maximum absolute atomic E-state index is 11.4. The zero-order valence-corrected chi connectivity index (χ0v) is 13.3. The van der Waals surface area contributed by atoms with Gasteiger partial charge in [-0.3, -0.25) is 9.78 Å². The van der Waals surface area contributed by atoms with Crippen LogP contribution in [0, 0.1) is 5.92 Å². The Hall–Kier alpha value is -1.84. The highest BCUT2D eigenvalue weighted by atomic mass is 16.1. The molecule has 0 aliphatic carbocycles. The van der Waals surface area contributed by atoms with Crippen LogP contribution in [-0.4, -0.2) is 30.4 Å². The molecule has 0 N–H and O–H groups in total. The quantitative estimate of drug-likeness (QED) is 0.749. The van der Waals surface area contributed by atoms with Gasteiger partial charge in [0, 0.05) is 31.7 Å². The van der Waals surface area contributed by atoms with Crippen LogP contribution in [0.25, 0.3) is 0 Å². The standard InChI is InChI=1S/C16H25N3O/c1-12(2)13(3)14(4)19(11-20)10-15-9-16(18(5)6)7-8-17-15/h7-9,11-12H,10H2,1-6H3/b14-13-. The summed E-state index contributed by atoms with van der Waals surface area (Å²) in [6.07, 6.45) is 2.66. The van der Waals surface area contributed by atoms with Crippen LogP contribution >= 0.6 is 0 Å². The number of allylic oxidation sites excluding steroid dienone is 2. The van der Waals surface area contributed by atoms with Crippen LogP contribution in [0.5, 0.6) is 0 Å². The van der Waals surface area contributed by atoms with Gasteiger partial charge in [0.25, 0.3) is 0 Å². The Morgan fingerprint density at radius 2 is 2.00 bits per heavy atom. The van der Waals surface area contributed by atoms with Crippen LogP contribution in [0.2, 0.25) is 0 Å². The number of anilines is 1. The van der Waals surface area contributed by atoms with E-state index in [4.69, 9.17) is 0 Å². The molecule has 20 heavy (non-hydrogen) atoms. The molecule has 0 fully saturated rings. The molecule has 0 aliphatic heterocycles. The van der Waals surface area contributed by atoms with Crippen LogP contribution in [0.15, 0.2) is 29.6 Å². The molecule has 1 aromatic heterocycles. The molecule has 0 atom stereocenters. The lowest BCUT2D eigenvalue weighted by Gasteiger charge is -2.22. The van der Waals surface area contributed by atoms with E-state index in [1.165, 1.54) is 5.57 Å². The van der Waals surface area contributed by atoms with Crippen molar-refractivity contribution in [1.29, 1.82) is 0 Å². The average molecular weight is 275 g/mol. The number of aromatic nitrogens is 1. The van der Waals surface area contributed by atoms with Gasteiger partial charge in [-0.1, -0.05) is 19.4 Å². The summed E-state index contributed by atoms with van der Waals surface area (Å²) in [4.78, 5) is 19.4. The number of pyridine rings is 1. The van der Waals surface area contributed by atoms with Crippen molar-refractivity contribution in [2.45, 2.75) is 34.2 Å². The van der Waals surface area contributed by atoms with Gasteiger partial charge in [-0.05, 0) is 31.9 Å². The molecule has 1 aromatic rings. The van der Waals surface area contributed by atoms with Gasteiger partial charge in [-0.15, -0.1) is 0 Å². The summed E-state index contributed by atoms with van der Waals surface area (Å²) in [5, 5.41) is 0. The number of amides is 1. The molecule has 0 aromatic carbocycles. The van der Waals surface area contributed by atoms with E-state index < -0.39 is 0 Å². The van der Waals surface area contributed by atoms with E-state index in [9.17, 15) is 4.79 Å². The predicted molar refractivity (Wildman–Crippen MR) is 83.4 cm³/mol. The Kier molecular flexibility index (Phi) is 5.74. The maximum Gasteiger partial charge on any atom is 0.214 e. The normalized spacial score (nSPS) is 12.2. The minimum absolute atomic E-state index is 0.429. The van der Waals surface area contributed by atoms with Gasteiger partial charge < -0.3 is 9.80 Å². The van der Waals surface area contributed by atoms with Crippen molar-refractivity contribution in [3.63, 3.8) is 0 Å². The third-order valence-electron chi connectivity index (χ3n) is 3.64. The SMILES string of the molecule is C/C(=C(\C)N(C=O)Cc1cc(N(C)C)ccn1)C(C)C. The molecule has 0 saturated heterocycles. The van der Waals surface area contributed by atoms with Crippen molar-refractivity contribution in [3.05, 3.63) is 35.3 Å². The largest absolute Gasteiger partial charge is 0.378 e. The molecule has 4 heteroatoms. The van der Waals surface area contributed by atoms with E-state index in [1.54, 1.807) is 11.1 Å². The van der Waals surface area contributed by atoms with Crippen LogP contribution in [0.3, 0.4) is 0 Å². The predicted octanol–water partition coefficient (Wildman–Crippen LogP) is 3.06. The Morgan fingerprint density at radius 3 is 2.50 bits per heavy atom. The smallest absolute Gasteiger partial charge is 0.214 e. The summed E-state index contributed by atoms with van der Waals surface area (Å²) in [6, 6.07) is 3.96. The van der Waals surface area contributed by atoms with Crippen molar-refractivity contribution in [2.24, 2.45) is 5.92 Å². The monoisotopic (exact) mass is 275 g/mol. The van der Waals surface area contributed by atoms with Gasteiger partial charge >= 0.3 is 0 Å². The van der Waals surface area contributed by atoms with E-state index in [2.05, 4.69) is 25.8 Å². The summed E-state index contributed by atoms with van der Waals surface area (Å²) in [7, 11) is 3.98. The zero-order chi connectivity index (χ0) is 15.3. The first-order valence-electron chi connectivity index (χ1n) is 6.88. The molecule has 1 amide bonds. The minimum atomic E-state index is 0.429. The number of hydrogen-bond donors (Lipinski definition) is 0. The zero-order valence-electron chi connectivity index (χ0n) is 13.3. The third-order valence-corrected chi connectivity index (χ3v) is 3.64. The number of rotatable bonds is 6. The van der Waals surface area contributed by atoms with Gasteiger partial charge in [0.05, 0.1) is 12.2 Å². The van der Waals surface area contributed by atoms with E-state index in [1.807, 2.05) is 38.1 Å². The minimum Gasteiger partial charge on any atom is -0.378 e. The average Bonchev–Trinajstić information content (AvgIpc) is 2.43. The van der Waals surface area contributed by atoms with Crippen molar-refractivity contribution in [2.75, 3.05) is 19.0 Å². The fourth-order valence-corrected chi connectivity index (χ4v) is 1.88. The van der Waals surface area contributed by atoms with Gasteiger partial charge in [-0.25, -0.2) is 0 Å². The maximum atomic E-state index is 11.4. The molecule has 0 bridgehead atoms. The molecule has 0 spiro atoms. The summed E-state index contributed by atoms with van der Waals surface area (Å²) in [6.45, 7) is 8.82. The highest BCUT2D eigenvalue weighted by molar-refractivity contribution is 5.52. The molecule has 0 unspecified atom stereocenters. The molecule has 1 heterocycles. The van der Waals surface area contributed by atoms with Crippen LogP contribution in [0.1, 0.15) is 33.4 Å². The van der Waals surface area contributed by atoms with Crippen LogP contribution < -0.4 is 4.90 Å². The molecular formula is C16H25N3O. The molecule has 110 valence electrons. The van der Waals surface area contributed by atoms with Gasteiger partial charge in [0.2, 0.25) is 6.41 Å². The first-order valence-corrected chi connectivity index (χ1v) is 6.88. The van der Waals surface area contributed by atoms with Gasteiger partial charge in [-0.2, -0.15) is 0 Å². The van der Waals surface area contributed by atoms with E-state index >= 15 is 0 Å². The second-order valence-corrected chi connectivity index (χ2v) is 5.56. The molecule has 4 nitrogen and oxygen atoms in total. The lowest BCUT2D eigenvalue weighted by molar-refractivity contribution is -0.117. The Balaban J connectivity index is 2.97. The van der Waals surface area contributed by atoms with Crippen molar-refractivity contribution in [3.8, 4) is 0 Å². The Labute approximate surface area is 122 Å². The van der Waals surface area contributed by atoms with Gasteiger partial charge in [0.15, 0.2) is 0 Å². The number of hydrogen-bond acceptors (Lipinski definition) is 3. The van der Waals surface area contributed by atoms with Crippen LogP contribution in [0.4, 0.5) is 5.69 Å². The second kappa shape index (κ2) is 7.08. The number of carbonyl (C=O) groups excluding carboxylic acids is 1. The molecule has 0 aliphatic rings. The fraction of sp³-hybridized carbons (Fsp3) is 0.500.